The topological polar surface area (TPSA) is 76.7 Å². The van der Waals surface area contributed by atoms with Crippen LogP contribution in [0.2, 0.25) is 0 Å². The highest BCUT2D eigenvalue weighted by Gasteiger charge is 2.21. The summed E-state index contributed by atoms with van der Waals surface area (Å²) in [5.74, 6) is 0.810. The number of rotatable bonds is 51. The number of ether oxygens (including phenoxy) is 2. The molecule has 2 N–H and O–H groups in total. The van der Waals surface area contributed by atoms with Gasteiger partial charge in [0.15, 0.2) is 0 Å². The fourth-order valence-electron chi connectivity index (χ4n) is 8.25. The Labute approximate surface area is 383 Å². The van der Waals surface area contributed by atoms with Gasteiger partial charge in [-0.2, -0.15) is 0 Å². The Morgan fingerprint density at radius 1 is 0.333 bits per heavy atom. The SMILES string of the molecule is CCCCCCCCCCCCCCCCCCCCCCNC(CSSC[C@H](NCCCCCCCCCCCCCCCCCCCCCC)C(=O)OC)C(=O)OC. The van der Waals surface area contributed by atoms with E-state index in [4.69, 9.17) is 9.47 Å². The molecule has 0 aliphatic heterocycles. The van der Waals surface area contributed by atoms with E-state index in [1.165, 1.54) is 258 Å². The van der Waals surface area contributed by atoms with Crippen LogP contribution in [0.25, 0.3) is 0 Å². The second kappa shape index (κ2) is 51.2. The van der Waals surface area contributed by atoms with Crippen LogP contribution < -0.4 is 10.6 Å². The van der Waals surface area contributed by atoms with Crippen LogP contribution in [0.15, 0.2) is 0 Å². The molecule has 0 aliphatic rings. The number of esters is 2. The van der Waals surface area contributed by atoms with E-state index in [1.807, 2.05) is 0 Å². The Kier molecular flexibility index (Phi) is 50.8. The van der Waals surface area contributed by atoms with Gasteiger partial charge in [0.05, 0.1) is 14.2 Å². The van der Waals surface area contributed by atoms with Crippen molar-refractivity contribution in [3.05, 3.63) is 0 Å². The van der Waals surface area contributed by atoms with Crippen LogP contribution in [0.4, 0.5) is 0 Å². The maximum Gasteiger partial charge on any atom is 0.323 e. The minimum atomic E-state index is -0.327. The van der Waals surface area contributed by atoms with Gasteiger partial charge >= 0.3 is 11.9 Å². The van der Waals surface area contributed by atoms with Crippen LogP contribution in [-0.4, -0.2) is 62.8 Å². The molecule has 60 heavy (non-hydrogen) atoms. The highest BCUT2D eigenvalue weighted by Crippen LogP contribution is 2.24. The molecule has 0 aromatic heterocycles. The monoisotopic (exact) mass is 885 g/mol. The molecule has 0 bridgehead atoms. The van der Waals surface area contributed by atoms with Crippen molar-refractivity contribution in [1.29, 1.82) is 0 Å². The molecule has 0 aliphatic carbocycles. The van der Waals surface area contributed by atoms with Gasteiger partial charge in [-0.1, -0.05) is 279 Å². The summed E-state index contributed by atoms with van der Waals surface area (Å²) in [6.07, 6.45) is 55.2. The zero-order chi connectivity index (χ0) is 43.7. The first-order chi connectivity index (χ1) is 29.6. The van der Waals surface area contributed by atoms with Crippen molar-refractivity contribution in [2.24, 2.45) is 0 Å². The minimum Gasteiger partial charge on any atom is -0.468 e. The summed E-state index contributed by atoms with van der Waals surface area (Å²) in [5.41, 5.74) is 0. The number of nitrogens with one attached hydrogen (secondary N) is 2. The van der Waals surface area contributed by atoms with Crippen molar-refractivity contribution < 1.29 is 19.1 Å². The molecular weight excluding hydrogens is 781 g/mol. The Balaban J connectivity index is 3.75. The molecule has 0 saturated heterocycles. The van der Waals surface area contributed by atoms with E-state index in [0.29, 0.717) is 11.5 Å². The van der Waals surface area contributed by atoms with Gasteiger partial charge in [-0.15, -0.1) is 0 Å². The molecule has 0 spiro atoms. The molecule has 0 aromatic carbocycles. The number of hydrogen-bond donors (Lipinski definition) is 2. The van der Waals surface area contributed by atoms with Crippen molar-refractivity contribution in [2.75, 3.05) is 38.8 Å². The van der Waals surface area contributed by atoms with Crippen molar-refractivity contribution in [3.8, 4) is 0 Å². The van der Waals surface area contributed by atoms with Crippen LogP contribution in [-0.2, 0) is 19.1 Å². The average Bonchev–Trinajstić information content (AvgIpc) is 3.26. The third-order valence-corrected chi connectivity index (χ3v) is 14.8. The molecule has 0 aromatic rings. The molecule has 0 heterocycles. The molecule has 0 amide bonds. The average molecular weight is 886 g/mol. The Morgan fingerprint density at radius 2 is 0.517 bits per heavy atom. The van der Waals surface area contributed by atoms with E-state index < -0.39 is 0 Å². The first-order valence-electron chi connectivity index (χ1n) is 26.5. The first-order valence-corrected chi connectivity index (χ1v) is 29.0. The quantitative estimate of drug-likeness (QED) is 0.0355. The lowest BCUT2D eigenvalue weighted by molar-refractivity contribution is -0.143. The third kappa shape index (κ3) is 44.2. The minimum absolute atomic E-state index is 0.210. The van der Waals surface area contributed by atoms with Crippen molar-refractivity contribution in [3.63, 3.8) is 0 Å². The molecular formula is C52H104N2O4S2. The summed E-state index contributed by atoms with van der Waals surface area (Å²) in [4.78, 5) is 24.9. The van der Waals surface area contributed by atoms with Crippen molar-refractivity contribution in [1.82, 2.24) is 10.6 Å². The summed E-state index contributed by atoms with van der Waals surface area (Å²) >= 11 is 0. The molecule has 2 atom stereocenters. The van der Waals surface area contributed by atoms with E-state index in [-0.39, 0.29) is 24.0 Å². The number of hydrogen-bond acceptors (Lipinski definition) is 8. The van der Waals surface area contributed by atoms with Gasteiger partial charge in [0.2, 0.25) is 0 Å². The molecule has 1 unspecified atom stereocenters. The fraction of sp³-hybridized carbons (Fsp3) is 0.962. The van der Waals surface area contributed by atoms with E-state index in [9.17, 15) is 9.59 Å². The standard InChI is InChI=1S/C52H104N2O4S2/c1-5-7-9-11-13-15-17-19-21-23-25-27-29-31-33-35-37-39-41-43-45-53-49(51(55)57-3)47-59-60-48-50(52(56)58-4)54-46-44-42-40-38-36-34-32-30-28-26-24-22-20-18-16-14-12-10-8-6-2/h49-50,53-54H,5-48H2,1-4H3/t49-,50?/m0/s1. The van der Waals surface area contributed by atoms with Gasteiger partial charge in [-0.05, 0) is 25.9 Å². The number of carbonyl (C=O) groups excluding carboxylic acids is 2. The predicted molar refractivity (Wildman–Crippen MR) is 269 cm³/mol. The van der Waals surface area contributed by atoms with Crippen molar-refractivity contribution >= 4 is 33.5 Å². The number of carbonyl (C=O) groups is 2. The summed E-state index contributed by atoms with van der Waals surface area (Å²) in [6, 6.07) is -0.654. The third-order valence-electron chi connectivity index (χ3n) is 12.4. The maximum absolute atomic E-state index is 12.5. The second-order valence-corrected chi connectivity index (χ2v) is 20.6. The maximum atomic E-state index is 12.5. The normalized spacial score (nSPS) is 12.5. The van der Waals surface area contributed by atoms with Gasteiger partial charge in [-0.25, -0.2) is 0 Å². The molecule has 0 radical (unpaired) electrons. The van der Waals surface area contributed by atoms with E-state index >= 15 is 0 Å². The van der Waals surface area contributed by atoms with Crippen LogP contribution in [0.3, 0.4) is 0 Å². The summed E-state index contributed by atoms with van der Waals surface area (Å²) in [6.45, 7) is 6.25. The van der Waals surface area contributed by atoms with Gasteiger partial charge in [-0.3, -0.25) is 9.59 Å². The predicted octanol–water partition coefficient (Wildman–Crippen LogP) is 16.3. The molecule has 0 saturated carbocycles. The van der Waals surface area contributed by atoms with Gasteiger partial charge in [0, 0.05) is 11.5 Å². The second-order valence-electron chi connectivity index (χ2n) is 18.1. The van der Waals surface area contributed by atoms with E-state index in [2.05, 4.69) is 24.5 Å². The lowest BCUT2D eigenvalue weighted by Crippen LogP contribution is -2.41. The fourth-order valence-corrected chi connectivity index (χ4v) is 10.6. The van der Waals surface area contributed by atoms with Crippen molar-refractivity contribution in [2.45, 2.75) is 283 Å². The van der Waals surface area contributed by atoms with Gasteiger partial charge in [0.1, 0.15) is 12.1 Å². The van der Waals surface area contributed by atoms with Crippen LogP contribution in [0.1, 0.15) is 271 Å². The molecule has 0 rings (SSSR count). The zero-order valence-electron chi connectivity index (χ0n) is 40.7. The molecule has 8 heteroatoms. The van der Waals surface area contributed by atoms with E-state index in [1.54, 1.807) is 21.6 Å². The Hall–Kier alpha value is -0.440. The summed E-state index contributed by atoms with van der Waals surface area (Å²) in [7, 11) is 6.18. The van der Waals surface area contributed by atoms with Crippen LogP contribution >= 0.6 is 21.6 Å². The highest BCUT2D eigenvalue weighted by molar-refractivity contribution is 8.76. The van der Waals surface area contributed by atoms with E-state index in [0.717, 1.165) is 25.9 Å². The first kappa shape index (κ1) is 59.6. The largest absolute Gasteiger partial charge is 0.468 e. The van der Waals surface area contributed by atoms with Crippen LogP contribution in [0.5, 0.6) is 0 Å². The molecule has 358 valence electrons. The number of methoxy groups -OCH3 is 2. The smallest absolute Gasteiger partial charge is 0.323 e. The summed E-state index contributed by atoms with van der Waals surface area (Å²) < 4.78 is 10.2. The number of unbranched alkanes of at least 4 members (excludes halogenated alkanes) is 38. The zero-order valence-corrected chi connectivity index (χ0v) is 42.3. The lowest BCUT2D eigenvalue weighted by atomic mass is 10.0. The highest BCUT2D eigenvalue weighted by atomic mass is 33.1. The Bertz CT molecular complexity index is 798. The van der Waals surface area contributed by atoms with Gasteiger partial charge in [0.25, 0.3) is 0 Å². The van der Waals surface area contributed by atoms with Gasteiger partial charge < -0.3 is 20.1 Å². The van der Waals surface area contributed by atoms with Crippen LogP contribution in [0, 0.1) is 0 Å². The molecule has 6 nitrogen and oxygen atoms in total. The lowest BCUT2D eigenvalue weighted by Gasteiger charge is -2.18. The summed E-state index contributed by atoms with van der Waals surface area (Å²) in [5, 5.41) is 6.85. The molecule has 0 fully saturated rings. The Morgan fingerprint density at radius 3 is 0.700 bits per heavy atom.